The molecule has 0 aromatic rings. The van der Waals surface area contributed by atoms with Crippen molar-refractivity contribution in [2.45, 2.75) is 70.3 Å². The minimum Gasteiger partial charge on any atom is -0.324 e. The molecule has 0 radical (unpaired) electrons. The Morgan fingerprint density at radius 2 is 1.83 bits per heavy atom. The first-order valence-corrected chi connectivity index (χ1v) is 8.05. The van der Waals surface area contributed by atoms with Gasteiger partial charge in [-0.2, -0.15) is 0 Å². The van der Waals surface area contributed by atoms with Crippen LogP contribution in [0.5, 0.6) is 0 Å². The lowest BCUT2D eigenvalue weighted by Gasteiger charge is -2.40. The lowest BCUT2D eigenvalue weighted by molar-refractivity contribution is 0.147. The minimum atomic E-state index is 0.0983. The van der Waals surface area contributed by atoms with E-state index in [1.165, 1.54) is 64.3 Å². The Kier molecular flexibility index (Phi) is 5.08. The Bertz CT molecular complexity index is 247. The van der Waals surface area contributed by atoms with E-state index in [9.17, 15) is 0 Å². The average Bonchev–Trinajstić information content (AvgIpc) is 2.28. The lowest BCUT2D eigenvalue weighted by atomic mass is 9.76. The maximum absolute atomic E-state index is 6.61. The molecule has 0 bridgehead atoms. The summed E-state index contributed by atoms with van der Waals surface area (Å²) in [7, 11) is 2.28. The van der Waals surface area contributed by atoms with Crippen LogP contribution in [0.2, 0.25) is 0 Å². The second kappa shape index (κ2) is 6.38. The lowest BCUT2D eigenvalue weighted by Crippen LogP contribution is -2.52. The van der Waals surface area contributed by atoms with Gasteiger partial charge in [0, 0.05) is 18.6 Å². The van der Waals surface area contributed by atoms with Gasteiger partial charge in [-0.25, -0.2) is 0 Å². The van der Waals surface area contributed by atoms with Gasteiger partial charge >= 0.3 is 0 Å². The molecule has 0 spiro atoms. The first-order chi connectivity index (χ1) is 8.57. The van der Waals surface area contributed by atoms with Gasteiger partial charge in [-0.1, -0.05) is 39.0 Å². The van der Waals surface area contributed by atoms with Gasteiger partial charge in [0.25, 0.3) is 0 Å². The van der Waals surface area contributed by atoms with Crippen LogP contribution in [0, 0.1) is 11.8 Å². The minimum absolute atomic E-state index is 0.0983. The van der Waals surface area contributed by atoms with Crippen LogP contribution in [0.1, 0.15) is 64.7 Å². The van der Waals surface area contributed by atoms with Gasteiger partial charge in [0.1, 0.15) is 0 Å². The maximum Gasteiger partial charge on any atom is 0.0285 e. The van der Waals surface area contributed by atoms with Crippen molar-refractivity contribution in [3.63, 3.8) is 0 Å². The molecule has 2 unspecified atom stereocenters. The SMILES string of the molecule is CC1CCCC(N)(CN(C)CC2CCCCC2)C1. The first kappa shape index (κ1) is 14.3. The van der Waals surface area contributed by atoms with Gasteiger partial charge in [-0.3, -0.25) is 0 Å². The molecule has 0 aromatic heterocycles. The van der Waals surface area contributed by atoms with Crippen LogP contribution in [0.3, 0.4) is 0 Å². The van der Waals surface area contributed by atoms with E-state index in [4.69, 9.17) is 5.73 Å². The smallest absolute Gasteiger partial charge is 0.0285 e. The van der Waals surface area contributed by atoms with E-state index in [0.29, 0.717) is 0 Å². The highest BCUT2D eigenvalue weighted by Crippen LogP contribution is 2.31. The van der Waals surface area contributed by atoms with Crippen molar-refractivity contribution in [1.82, 2.24) is 4.90 Å². The van der Waals surface area contributed by atoms with Crippen LogP contribution >= 0.6 is 0 Å². The summed E-state index contributed by atoms with van der Waals surface area (Å²) in [5.41, 5.74) is 6.71. The summed E-state index contributed by atoms with van der Waals surface area (Å²) >= 11 is 0. The first-order valence-electron chi connectivity index (χ1n) is 8.05. The number of rotatable bonds is 4. The third kappa shape index (κ3) is 4.24. The van der Waals surface area contributed by atoms with Crippen LogP contribution in [-0.2, 0) is 0 Å². The highest BCUT2D eigenvalue weighted by atomic mass is 15.1. The Morgan fingerprint density at radius 3 is 2.50 bits per heavy atom. The van der Waals surface area contributed by atoms with E-state index in [1.807, 2.05) is 0 Å². The maximum atomic E-state index is 6.61. The molecule has 0 heterocycles. The molecule has 2 saturated carbocycles. The van der Waals surface area contributed by atoms with E-state index in [1.54, 1.807) is 0 Å². The molecule has 2 atom stereocenters. The van der Waals surface area contributed by atoms with E-state index in [0.717, 1.165) is 18.4 Å². The Morgan fingerprint density at radius 1 is 1.11 bits per heavy atom. The van der Waals surface area contributed by atoms with E-state index in [2.05, 4.69) is 18.9 Å². The topological polar surface area (TPSA) is 29.3 Å². The molecule has 2 heteroatoms. The monoisotopic (exact) mass is 252 g/mol. The van der Waals surface area contributed by atoms with Crippen LogP contribution in [0.15, 0.2) is 0 Å². The standard InChI is InChI=1S/C16H32N2/c1-14-7-6-10-16(17,11-14)13-18(2)12-15-8-4-3-5-9-15/h14-15H,3-13,17H2,1-2H3. The fourth-order valence-electron chi connectivity index (χ4n) is 4.26. The predicted octanol–water partition coefficient (Wildman–Crippen LogP) is 3.41. The Labute approximate surface area is 113 Å². The fourth-order valence-corrected chi connectivity index (χ4v) is 4.26. The zero-order valence-electron chi connectivity index (χ0n) is 12.5. The van der Waals surface area contributed by atoms with Crippen molar-refractivity contribution < 1.29 is 0 Å². The van der Waals surface area contributed by atoms with Gasteiger partial charge < -0.3 is 10.6 Å². The van der Waals surface area contributed by atoms with Crippen LogP contribution in [0.25, 0.3) is 0 Å². The third-order valence-electron chi connectivity index (χ3n) is 5.01. The van der Waals surface area contributed by atoms with E-state index in [-0.39, 0.29) is 5.54 Å². The predicted molar refractivity (Wildman–Crippen MR) is 78.6 cm³/mol. The number of likely N-dealkylation sites (N-methyl/N-ethyl adjacent to an activating group) is 1. The molecule has 2 rings (SSSR count). The number of nitrogens with zero attached hydrogens (tertiary/aromatic N) is 1. The average molecular weight is 252 g/mol. The molecule has 2 nitrogen and oxygen atoms in total. The zero-order chi connectivity index (χ0) is 13.0. The van der Waals surface area contributed by atoms with Crippen molar-refractivity contribution in [2.24, 2.45) is 17.6 Å². The molecule has 2 N–H and O–H groups in total. The van der Waals surface area contributed by atoms with Crippen molar-refractivity contribution >= 4 is 0 Å². The molecule has 0 amide bonds. The number of hydrogen-bond donors (Lipinski definition) is 1. The largest absolute Gasteiger partial charge is 0.324 e. The number of hydrogen-bond acceptors (Lipinski definition) is 2. The summed E-state index contributed by atoms with van der Waals surface area (Å²) in [6, 6.07) is 0. The summed E-state index contributed by atoms with van der Waals surface area (Å²) in [5, 5.41) is 0. The highest BCUT2D eigenvalue weighted by molar-refractivity contribution is 4.92. The molecule has 18 heavy (non-hydrogen) atoms. The Balaban J connectivity index is 1.76. The second-order valence-corrected chi connectivity index (χ2v) is 7.26. The molecule has 2 fully saturated rings. The third-order valence-corrected chi connectivity index (χ3v) is 5.01. The van der Waals surface area contributed by atoms with Crippen molar-refractivity contribution in [2.75, 3.05) is 20.1 Å². The molecule has 0 aromatic carbocycles. The van der Waals surface area contributed by atoms with Gasteiger partial charge in [0.2, 0.25) is 0 Å². The van der Waals surface area contributed by atoms with Crippen molar-refractivity contribution in [3.8, 4) is 0 Å². The summed E-state index contributed by atoms with van der Waals surface area (Å²) in [4.78, 5) is 2.52. The molecular formula is C16H32N2. The molecule has 2 aliphatic rings. The number of nitrogens with two attached hydrogens (primary N) is 1. The van der Waals surface area contributed by atoms with Crippen molar-refractivity contribution in [3.05, 3.63) is 0 Å². The van der Waals surface area contributed by atoms with Gasteiger partial charge in [-0.15, -0.1) is 0 Å². The van der Waals surface area contributed by atoms with Crippen molar-refractivity contribution in [1.29, 1.82) is 0 Å². The summed E-state index contributed by atoms with van der Waals surface area (Å²) in [6.45, 7) is 4.74. The van der Waals surface area contributed by atoms with E-state index < -0.39 is 0 Å². The Hall–Kier alpha value is -0.0800. The van der Waals surface area contributed by atoms with Gasteiger partial charge in [0.15, 0.2) is 0 Å². The van der Waals surface area contributed by atoms with Gasteiger partial charge in [0.05, 0.1) is 0 Å². The molecular weight excluding hydrogens is 220 g/mol. The highest BCUT2D eigenvalue weighted by Gasteiger charge is 2.32. The summed E-state index contributed by atoms with van der Waals surface area (Å²) in [6.07, 6.45) is 12.4. The second-order valence-electron chi connectivity index (χ2n) is 7.26. The summed E-state index contributed by atoms with van der Waals surface area (Å²) in [5.74, 6) is 1.76. The zero-order valence-corrected chi connectivity index (χ0v) is 12.5. The quantitative estimate of drug-likeness (QED) is 0.831. The van der Waals surface area contributed by atoms with Crippen LogP contribution in [0.4, 0.5) is 0 Å². The van der Waals surface area contributed by atoms with Crippen LogP contribution < -0.4 is 5.73 Å². The fraction of sp³-hybridized carbons (Fsp3) is 1.00. The summed E-state index contributed by atoms with van der Waals surface area (Å²) < 4.78 is 0. The molecule has 0 saturated heterocycles. The van der Waals surface area contributed by atoms with Gasteiger partial charge in [-0.05, 0) is 44.6 Å². The van der Waals surface area contributed by atoms with Crippen LogP contribution in [-0.4, -0.2) is 30.6 Å². The van der Waals surface area contributed by atoms with E-state index >= 15 is 0 Å². The normalized spacial score (nSPS) is 35.0. The molecule has 2 aliphatic carbocycles. The molecule has 106 valence electrons. The molecule has 0 aliphatic heterocycles.